The Balaban J connectivity index is 1.38. The zero-order valence-corrected chi connectivity index (χ0v) is 21.2. The van der Waals surface area contributed by atoms with E-state index in [-0.39, 0.29) is 29.1 Å². The molecule has 0 saturated carbocycles. The van der Waals surface area contributed by atoms with Gasteiger partial charge in [0.25, 0.3) is 11.8 Å². The minimum atomic E-state index is -4.75. The standard InChI is InChI=1S/C27H21F4N5O5/c1-12-14-5-7-19(16(14)4-3-15(12)26(40)41)35-25(39)21-9-20(34-23-18(28)11-33-36(21)23)24(38)32-10-13-2-6-17(22(37)8-13)27(29,30)31/h2-4,6,8-9,11,19,37H,5,7,10H2,1H3,(H,32,38)(H,35,39)(H,40,41)/t19-/m0/s1. The lowest BCUT2D eigenvalue weighted by atomic mass is 9.98. The Morgan fingerprint density at radius 2 is 1.88 bits per heavy atom. The number of amides is 2. The number of phenols is 1. The van der Waals surface area contributed by atoms with Crippen molar-refractivity contribution in [1.29, 1.82) is 0 Å². The van der Waals surface area contributed by atoms with E-state index in [9.17, 15) is 42.2 Å². The van der Waals surface area contributed by atoms with Gasteiger partial charge in [-0.05, 0) is 60.2 Å². The lowest BCUT2D eigenvalue weighted by Gasteiger charge is -2.16. The fourth-order valence-corrected chi connectivity index (χ4v) is 4.91. The van der Waals surface area contributed by atoms with Crippen molar-refractivity contribution in [2.45, 2.75) is 38.5 Å². The van der Waals surface area contributed by atoms with Gasteiger partial charge in [0.05, 0.1) is 23.4 Å². The van der Waals surface area contributed by atoms with Crippen molar-refractivity contribution in [3.8, 4) is 5.75 Å². The molecular weight excluding hydrogens is 550 g/mol. The number of aromatic carboxylic acids is 1. The molecule has 0 bridgehead atoms. The number of aromatic nitrogens is 3. The van der Waals surface area contributed by atoms with Crippen LogP contribution in [0.15, 0.2) is 42.6 Å². The van der Waals surface area contributed by atoms with E-state index < -0.39 is 52.8 Å². The zero-order chi connectivity index (χ0) is 29.6. The van der Waals surface area contributed by atoms with Gasteiger partial charge in [-0.3, -0.25) is 9.59 Å². The lowest BCUT2D eigenvalue weighted by molar-refractivity contribution is -0.138. The fourth-order valence-electron chi connectivity index (χ4n) is 4.91. The third-order valence-corrected chi connectivity index (χ3v) is 6.94. The molecule has 4 N–H and O–H groups in total. The molecule has 4 aromatic rings. The number of alkyl halides is 3. The van der Waals surface area contributed by atoms with Gasteiger partial charge in [0.2, 0.25) is 0 Å². The molecule has 0 fully saturated rings. The summed E-state index contributed by atoms with van der Waals surface area (Å²) in [5.74, 6) is -4.51. The monoisotopic (exact) mass is 571 g/mol. The number of hydrogen-bond donors (Lipinski definition) is 4. The van der Waals surface area contributed by atoms with E-state index in [4.69, 9.17) is 0 Å². The highest BCUT2D eigenvalue weighted by Crippen LogP contribution is 2.36. The van der Waals surface area contributed by atoms with E-state index in [2.05, 4.69) is 20.7 Å². The number of nitrogens with zero attached hydrogens (tertiary/aromatic N) is 3. The molecule has 1 atom stereocenters. The average molecular weight is 571 g/mol. The summed E-state index contributed by atoms with van der Waals surface area (Å²) in [6, 6.07) is 6.34. The zero-order valence-electron chi connectivity index (χ0n) is 21.2. The van der Waals surface area contributed by atoms with Gasteiger partial charge in [-0.25, -0.2) is 18.7 Å². The highest BCUT2D eigenvalue weighted by atomic mass is 19.4. The molecule has 0 unspecified atom stereocenters. The van der Waals surface area contributed by atoms with E-state index >= 15 is 0 Å². The molecule has 0 radical (unpaired) electrons. The van der Waals surface area contributed by atoms with Crippen LogP contribution in [-0.2, 0) is 19.1 Å². The number of aromatic hydroxyl groups is 1. The molecule has 2 aromatic heterocycles. The topological polar surface area (TPSA) is 146 Å². The van der Waals surface area contributed by atoms with E-state index in [0.717, 1.165) is 40.0 Å². The summed E-state index contributed by atoms with van der Waals surface area (Å²) in [4.78, 5) is 41.6. The van der Waals surface area contributed by atoms with Gasteiger partial charge in [0, 0.05) is 12.6 Å². The second-order valence-corrected chi connectivity index (χ2v) is 9.46. The molecule has 0 saturated heterocycles. The van der Waals surface area contributed by atoms with Crippen molar-refractivity contribution in [2.75, 3.05) is 0 Å². The van der Waals surface area contributed by atoms with Crippen LogP contribution in [0.25, 0.3) is 5.65 Å². The summed E-state index contributed by atoms with van der Waals surface area (Å²) in [7, 11) is 0. The maximum absolute atomic E-state index is 14.4. The number of phenolic OH excluding ortho intramolecular Hbond substituents is 1. The van der Waals surface area contributed by atoms with Gasteiger partial charge >= 0.3 is 12.1 Å². The SMILES string of the molecule is Cc1c(C(=O)O)ccc2c1CC[C@@H]2NC(=O)c1cc(C(=O)NCc2ccc(C(F)(F)F)c(O)c2)nc2c(F)cnn12. The molecule has 5 rings (SSSR count). The first-order chi connectivity index (χ1) is 19.3. The van der Waals surface area contributed by atoms with Crippen LogP contribution in [-0.4, -0.2) is 42.6 Å². The van der Waals surface area contributed by atoms with Crippen LogP contribution in [0.2, 0.25) is 0 Å². The maximum atomic E-state index is 14.4. The Kier molecular flexibility index (Phi) is 6.85. The summed E-state index contributed by atoms with van der Waals surface area (Å²) in [5.41, 5.74) is 0.297. The average Bonchev–Trinajstić information content (AvgIpc) is 3.49. The van der Waals surface area contributed by atoms with Crippen LogP contribution in [0.4, 0.5) is 17.6 Å². The minimum absolute atomic E-state index is 0.152. The second-order valence-electron chi connectivity index (χ2n) is 9.46. The van der Waals surface area contributed by atoms with Gasteiger partial charge in [0.15, 0.2) is 11.5 Å². The van der Waals surface area contributed by atoms with E-state index in [1.54, 1.807) is 13.0 Å². The second kappa shape index (κ2) is 10.2. The number of hydrogen-bond acceptors (Lipinski definition) is 6. The maximum Gasteiger partial charge on any atom is 0.419 e. The molecule has 10 nitrogen and oxygen atoms in total. The molecule has 1 aliphatic carbocycles. The van der Waals surface area contributed by atoms with Gasteiger partial charge < -0.3 is 20.8 Å². The number of nitrogens with one attached hydrogen (secondary N) is 2. The van der Waals surface area contributed by atoms with Crippen LogP contribution < -0.4 is 10.6 Å². The first-order valence-corrected chi connectivity index (χ1v) is 12.2. The fraction of sp³-hybridized carbons (Fsp3) is 0.222. The number of rotatable bonds is 6. The Bertz CT molecular complexity index is 1730. The van der Waals surface area contributed by atoms with Crippen molar-refractivity contribution < 1.29 is 42.2 Å². The van der Waals surface area contributed by atoms with Crippen LogP contribution >= 0.6 is 0 Å². The first-order valence-electron chi connectivity index (χ1n) is 12.2. The van der Waals surface area contributed by atoms with Crippen molar-refractivity contribution in [3.63, 3.8) is 0 Å². The highest BCUT2D eigenvalue weighted by molar-refractivity contribution is 5.98. The molecule has 2 aromatic carbocycles. The number of carbonyl (C=O) groups is 3. The predicted octanol–water partition coefficient (Wildman–Crippen LogP) is 3.95. The van der Waals surface area contributed by atoms with Crippen molar-refractivity contribution >= 4 is 23.4 Å². The first kappa shape index (κ1) is 27.6. The molecule has 2 heterocycles. The number of carboxylic acid groups (broad SMARTS) is 1. The Hall–Kier alpha value is -5.01. The summed E-state index contributed by atoms with van der Waals surface area (Å²) in [6.07, 6.45) is -2.91. The molecular formula is C27H21F4N5O5. The van der Waals surface area contributed by atoms with Crippen molar-refractivity contribution in [2.24, 2.45) is 0 Å². The summed E-state index contributed by atoms with van der Waals surface area (Å²) >= 11 is 0. The predicted molar refractivity (Wildman–Crippen MR) is 134 cm³/mol. The molecule has 2 amide bonds. The van der Waals surface area contributed by atoms with Gasteiger partial charge in [-0.1, -0.05) is 12.1 Å². The third-order valence-electron chi connectivity index (χ3n) is 6.94. The van der Waals surface area contributed by atoms with E-state index in [1.165, 1.54) is 6.07 Å². The number of halogens is 4. The largest absolute Gasteiger partial charge is 0.507 e. The van der Waals surface area contributed by atoms with Gasteiger partial charge in [-0.15, -0.1) is 0 Å². The highest BCUT2D eigenvalue weighted by Gasteiger charge is 2.34. The Morgan fingerprint density at radius 3 is 2.56 bits per heavy atom. The summed E-state index contributed by atoms with van der Waals surface area (Å²) in [5, 5.41) is 28.2. The van der Waals surface area contributed by atoms with Crippen LogP contribution in [0.5, 0.6) is 5.75 Å². The smallest absolute Gasteiger partial charge is 0.419 e. The summed E-state index contributed by atoms with van der Waals surface area (Å²) < 4.78 is 54.0. The van der Waals surface area contributed by atoms with Gasteiger partial charge in [-0.2, -0.15) is 18.3 Å². The molecule has 0 aliphatic heterocycles. The van der Waals surface area contributed by atoms with E-state index in [1.807, 2.05) is 0 Å². The number of carbonyl (C=O) groups excluding carboxylic acids is 2. The van der Waals surface area contributed by atoms with Crippen LogP contribution in [0.1, 0.15) is 71.6 Å². The summed E-state index contributed by atoms with van der Waals surface area (Å²) in [6.45, 7) is 1.40. The number of carboxylic acids is 1. The van der Waals surface area contributed by atoms with Crippen molar-refractivity contribution in [3.05, 3.63) is 93.2 Å². The molecule has 212 valence electrons. The molecule has 41 heavy (non-hydrogen) atoms. The van der Waals surface area contributed by atoms with Gasteiger partial charge in [0.1, 0.15) is 17.1 Å². The molecule has 14 heteroatoms. The molecule has 1 aliphatic rings. The molecule has 0 spiro atoms. The number of fused-ring (bicyclic) bond motifs is 2. The van der Waals surface area contributed by atoms with E-state index in [0.29, 0.717) is 24.5 Å². The van der Waals surface area contributed by atoms with Crippen molar-refractivity contribution in [1.82, 2.24) is 25.2 Å². The Labute approximate surface area is 228 Å². The quantitative estimate of drug-likeness (QED) is 0.257. The van der Waals surface area contributed by atoms with Crippen LogP contribution in [0.3, 0.4) is 0 Å². The number of benzene rings is 2. The normalized spacial score (nSPS) is 14.6. The van der Waals surface area contributed by atoms with Crippen LogP contribution in [0, 0.1) is 12.7 Å². The lowest BCUT2D eigenvalue weighted by Crippen LogP contribution is -2.30. The third kappa shape index (κ3) is 5.15. The Morgan fingerprint density at radius 1 is 1.12 bits per heavy atom. The minimum Gasteiger partial charge on any atom is -0.507 e.